The Bertz CT molecular complexity index is 790. The molecule has 0 unspecified atom stereocenters. The van der Waals surface area contributed by atoms with Crippen LogP contribution in [0, 0.1) is 5.41 Å². The number of fused-ring (bicyclic) bond motifs is 1. The Labute approximate surface area is 135 Å². The minimum absolute atomic E-state index is 0.0523. The molecule has 0 spiro atoms. The summed E-state index contributed by atoms with van der Waals surface area (Å²) in [6.07, 6.45) is 2.76. The third kappa shape index (κ3) is 3.55. The zero-order chi connectivity index (χ0) is 17.0. The SMILES string of the molecule is CCC(=O)C(C)(C)C(=O)CCCn1ncc2ccccc2c1=O. The van der Waals surface area contributed by atoms with E-state index in [0.29, 0.717) is 24.8 Å². The van der Waals surface area contributed by atoms with Crippen molar-refractivity contribution in [3.05, 3.63) is 40.8 Å². The maximum atomic E-state index is 12.3. The summed E-state index contributed by atoms with van der Waals surface area (Å²) in [4.78, 5) is 36.4. The number of hydrogen-bond donors (Lipinski definition) is 0. The van der Waals surface area contributed by atoms with Gasteiger partial charge in [-0.1, -0.05) is 25.1 Å². The molecule has 5 nitrogen and oxygen atoms in total. The first kappa shape index (κ1) is 17.1. The molecule has 0 saturated carbocycles. The van der Waals surface area contributed by atoms with Gasteiger partial charge in [0.1, 0.15) is 11.6 Å². The van der Waals surface area contributed by atoms with Gasteiger partial charge in [0.15, 0.2) is 0 Å². The van der Waals surface area contributed by atoms with Crippen LogP contribution in [0.2, 0.25) is 0 Å². The Morgan fingerprint density at radius 2 is 1.87 bits per heavy atom. The Hall–Kier alpha value is -2.30. The van der Waals surface area contributed by atoms with E-state index in [4.69, 9.17) is 0 Å². The lowest BCUT2D eigenvalue weighted by atomic mass is 9.80. The molecule has 0 aliphatic heterocycles. The molecule has 2 rings (SSSR count). The summed E-state index contributed by atoms with van der Waals surface area (Å²) < 4.78 is 1.38. The van der Waals surface area contributed by atoms with Crippen LogP contribution in [0.4, 0.5) is 0 Å². The molecule has 1 aromatic carbocycles. The van der Waals surface area contributed by atoms with Crippen LogP contribution in [-0.2, 0) is 16.1 Å². The number of Topliss-reactive ketones (excluding diaryl/α,β-unsaturated/α-hetero) is 2. The number of carbonyl (C=O) groups is 2. The van der Waals surface area contributed by atoms with Crippen molar-refractivity contribution in [2.45, 2.75) is 46.6 Å². The second-order valence-corrected chi connectivity index (χ2v) is 6.19. The van der Waals surface area contributed by atoms with Gasteiger partial charge in [-0.05, 0) is 26.3 Å². The lowest BCUT2D eigenvalue weighted by Crippen LogP contribution is -2.33. The normalized spacial score (nSPS) is 11.6. The van der Waals surface area contributed by atoms with Gasteiger partial charge >= 0.3 is 0 Å². The average Bonchev–Trinajstić information content (AvgIpc) is 2.56. The molecule has 0 fully saturated rings. The van der Waals surface area contributed by atoms with Crippen LogP contribution in [0.5, 0.6) is 0 Å². The molecular weight excluding hydrogens is 292 g/mol. The molecule has 0 saturated heterocycles. The minimum atomic E-state index is -0.948. The highest BCUT2D eigenvalue weighted by Gasteiger charge is 2.33. The summed E-state index contributed by atoms with van der Waals surface area (Å²) in [6.45, 7) is 5.46. The second-order valence-electron chi connectivity index (χ2n) is 6.19. The zero-order valence-electron chi connectivity index (χ0n) is 13.8. The molecule has 1 aromatic heterocycles. The molecule has 1 heterocycles. The molecule has 0 N–H and O–H groups in total. The van der Waals surface area contributed by atoms with E-state index in [2.05, 4.69) is 5.10 Å². The molecule has 0 aliphatic carbocycles. The molecular formula is C18H22N2O3. The van der Waals surface area contributed by atoms with E-state index in [9.17, 15) is 14.4 Å². The molecule has 0 bridgehead atoms. The molecule has 5 heteroatoms. The summed E-state index contributed by atoms with van der Waals surface area (Å²) in [5.41, 5.74) is -1.10. The van der Waals surface area contributed by atoms with Crippen LogP contribution in [-0.4, -0.2) is 21.3 Å². The third-order valence-corrected chi connectivity index (χ3v) is 4.25. The van der Waals surface area contributed by atoms with Crippen LogP contribution in [0.3, 0.4) is 0 Å². The van der Waals surface area contributed by atoms with Crippen molar-refractivity contribution in [3.63, 3.8) is 0 Å². The van der Waals surface area contributed by atoms with Crippen molar-refractivity contribution in [2.24, 2.45) is 5.41 Å². The number of nitrogens with zero attached hydrogens (tertiary/aromatic N) is 2. The number of aromatic nitrogens is 2. The summed E-state index contributed by atoms with van der Waals surface area (Å²) in [7, 11) is 0. The van der Waals surface area contributed by atoms with E-state index in [1.165, 1.54) is 4.68 Å². The predicted molar refractivity (Wildman–Crippen MR) is 89.3 cm³/mol. The molecule has 122 valence electrons. The van der Waals surface area contributed by atoms with Crippen molar-refractivity contribution in [1.29, 1.82) is 0 Å². The number of rotatable bonds is 7. The van der Waals surface area contributed by atoms with E-state index < -0.39 is 5.41 Å². The number of ketones is 2. The largest absolute Gasteiger partial charge is 0.299 e. The van der Waals surface area contributed by atoms with Crippen LogP contribution in [0.1, 0.15) is 40.0 Å². The quantitative estimate of drug-likeness (QED) is 0.737. The van der Waals surface area contributed by atoms with Gasteiger partial charge in [0.05, 0.1) is 17.0 Å². The average molecular weight is 314 g/mol. The van der Waals surface area contributed by atoms with Gasteiger partial charge < -0.3 is 0 Å². The Morgan fingerprint density at radius 1 is 1.17 bits per heavy atom. The number of aryl methyl sites for hydroxylation is 1. The minimum Gasteiger partial charge on any atom is -0.299 e. The van der Waals surface area contributed by atoms with Gasteiger partial charge in [-0.3, -0.25) is 14.4 Å². The van der Waals surface area contributed by atoms with Gasteiger partial charge in [0.25, 0.3) is 5.56 Å². The molecule has 0 aliphatic rings. The van der Waals surface area contributed by atoms with Crippen molar-refractivity contribution in [1.82, 2.24) is 9.78 Å². The van der Waals surface area contributed by atoms with E-state index in [1.807, 2.05) is 18.2 Å². The van der Waals surface area contributed by atoms with Crippen molar-refractivity contribution in [2.75, 3.05) is 0 Å². The Balaban J connectivity index is 2.05. The molecule has 0 amide bonds. The topological polar surface area (TPSA) is 69.0 Å². The second kappa shape index (κ2) is 6.86. The van der Waals surface area contributed by atoms with Gasteiger partial charge in [0, 0.05) is 24.8 Å². The fraction of sp³-hybridized carbons (Fsp3) is 0.444. The van der Waals surface area contributed by atoms with Gasteiger partial charge in [-0.2, -0.15) is 5.10 Å². The van der Waals surface area contributed by atoms with E-state index in [-0.39, 0.29) is 23.5 Å². The smallest absolute Gasteiger partial charge is 0.274 e. The number of carbonyl (C=O) groups excluding carboxylic acids is 2. The first-order chi connectivity index (χ1) is 10.9. The zero-order valence-corrected chi connectivity index (χ0v) is 13.8. The lowest BCUT2D eigenvalue weighted by Gasteiger charge is -2.20. The van der Waals surface area contributed by atoms with Crippen molar-refractivity contribution in [3.8, 4) is 0 Å². The Kier molecular flexibility index (Phi) is 5.08. The first-order valence-corrected chi connectivity index (χ1v) is 7.89. The summed E-state index contributed by atoms with van der Waals surface area (Å²) >= 11 is 0. The maximum absolute atomic E-state index is 12.3. The fourth-order valence-corrected chi connectivity index (χ4v) is 2.59. The van der Waals surface area contributed by atoms with Crippen LogP contribution < -0.4 is 5.56 Å². The molecule has 0 atom stereocenters. The van der Waals surface area contributed by atoms with Crippen LogP contribution in [0.15, 0.2) is 35.3 Å². The third-order valence-electron chi connectivity index (χ3n) is 4.25. The number of hydrogen-bond acceptors (Lipinski definition) is 4. The van der Waals surface area contributed by atoms with E-state index in [1.54, 1.807) is 33.0 Å². The highest BCUT2D eigenvalue weighted by Crippen LogP contribution is 2.22. The standard InChI is InChI=1S/C18H22N2O3/c1-4-15(21)18(2,3)16(22)10-7-11-20-17(23)14-9-6-5-8-13(14)12-19-20/h5-6,8-9,12H,4,7,10-11H2,1-3H3. The lowest BCUT2D eigenvalue weighted by molar-refractivity contribution is -0.138. The monoisotopic (exact) mass is 314 g/mol. The van der Waals surface area contributed by atoms with E-state index in [0.717, 1.165) is 5.39 Å². The first-order valence-electron chi connectivity index (χ1n) is 7.89. The van der Waals surface area contributed by atoms with Gasteiger partial charge in [-0.25, -0.2) is 4.68 Å². The fourth-order valence-electron chi connectivity index (χ4n) is 2.59. The van der Waals surface area contributed by atoms with Crippen molar-refractivity contribution >= 4 is 22.3 Å². The van der Waals surface area contributed by atoms with Gasteiger partial charge in [-0.15, -0.1) is 0 Å². The van der Waals surface area contributed by atoms with Crippen molar-refractivity contribution < 1.29 is 9.59 Å². The number of benzene rings is 1. The maximum Gasteiger partial charge on any atom is 0.274 e. The van der Waals surface area contributed by atoms with E-state index >= 15 is 0 Å². The molecule has 2 aromatic rings. The Morgan fingerprint density at radius 3 is 2.57 bits per heavy atom. The highest BCUT2D eigenvalue weighted by molar-refractivity contribution is 6.06. The molecule has 0 radical (unpaired) electrons. The summed E-state index contributed by atoms with van der Waals surface area (Å²) in [5.74, 6) is -0.137. The summed E-state index contributed by atoms with van der Waals surface area (Å²) in [6, 6.07) is 7.29. The summed E-state index contributed by atoms with van der Waals surface area (Å²) in [5, 5.41) is 5.57. The predicted octanol–water partition coefficient (Wildman–Crippen LogP) is 2.75. The molecule has 23 heavy (non-hydrogen) atoms. The van der Waals surface area contributed by atoms with Crippen LogP contribution >= 0.6 is 0 Å². The van der Waals surface area contributed by atoms with Gasteiger partial charge in [0.2, 0.25) is 0 Å². The highest BCUT2D eigenvalue weighted by atomic mass is 16.2. The van der Waals surface area contributed by atoms with Crippen LogP contribution in [0.25, 0.3) is 10.8 Å².